The van der Waals surface area contributed by atoms with Crippen LogP contribution >= 0.6 is 8.58 Å². The summed E-state index contributed by atoms with van der Waals surface area (Å²) in [7, 11) is 0.766. The van der Waals surface area contributed by atoms with Gasteiger partial charge in [-0.1, -0.05) is 8.58 Å². The molecule has 3 nitrogen and oxygen atoms in total. The molecule has 0 aromatic rings. The fourth-order valence-corrected chi connectivity index (χ4v) is 0.960. The van der Waals surface area contributed by atoms with Crippen molar-refractivity contribution in [2.75, 3.05) is 26.3 Å². The first-order valence-corrected chi connectivity index (χ1v) is 3.85. The van der Waals surface area contributed by atoms with Crippen LogP contribution in [0.2, 0.25) is 0 Å². The molecule has 1 fully saturated rings. The first-order chi connectivity index (χ1) is 4.00. The summed E-state index contributed by atoms with van der Waals surface area (Å²) < 4.78 is 14.8. The van der Waals surface area contributed by atoms with Gasteiger partial charge in [0.05, 0.1) is 12.7 Å². The maximum absolute atomic E-state index is 4.98. The van der Waals surface area contributed by atoms with Crippen LogP contribution in [0.3, 0.4) is 0 Å². The van der Waals surface area contributed by atoms with Crippen LogP contribution in [-0.4, -0.2) is 26.3 Å². The van der Waals surface area contributed by atoms with Crippen molar-refractivity contribution in [1.29, 1.82) is 0 Å². The molecule has 0 amide bonds. The molecule has 48 valence electrons. The van der Waals surface area contributed by atoms with Gasteiger partial charge in [-0.05, 0) is 0 Å². The van der Waals surface area contributed by atoms with Gasteiger partial charge in [-0.15, -0.1) is 0 Å². The van der Waals surface area contributed by atoms with Gasteiger partial charge in [-0.2, -0.15) is 0 Å². The van der Waals surface area contributed by atoms with Crippen LogP contribution in [-0.2, 0) is 14.2 Å². The quantitative estimate of drug-likeness (QED) is 0.455. The van der Waals surface area contributed by atoms with Gasteiger partial charge >= 0.3 is 0 Å². The van der Waals surface area contributed by atoms with Crippen LogP contribution in [0, 0.1) is 0 Å². The van der Waals surface area contributed by atoms with Crippen molar-refractivity contribution in [3.8, 4) is 0 Å². The van der Waals surface area contributed by atoms with Crippen molar-refractivity contribution in [1.82, 2.24) is 0 Å². The van der Waals surface area contributed by atoms with Crippen molar-refractivity contribution >= 4 is 8.58 Å². The molecule has 0 atom stereocenters. The maximum atomic E-state index is 4.98. The Kier molecular flexibility index (Phi) is 3.39. The molecule has 4 heteroatoms. The lowest BCUT2D eigenvalue weighted by molar-refractivity contribution is -0.121. The third-order valence-corrected chi connectivity index (χ3v) is 1.56. The predicted molar refractivity (Wildman–Crippen MR) is 31.0 cm³/mol. The van der Waals surface area contributed by atoms with Gasteiger partial charge in [0.25, 0.3) is 0 Å². The lowest BCUT2D eigenvalue weighted by Gasteiger charge is -2.10. The van der Waals surface area contributed by atoms with E-state index in [1.165, 1.54) is 0 Å². The van der Waals surface area contributed by atoms with Crippen LogP contribution in [0.5, 0.6) is 0 Å². The highest BCUT2D eigenvalue weighted by molar-refractivity contribution is 7.37. The molecule has 1 aliphatic rings. The molecule has 0 aliphatic carbocycles. The molecule has 0 spiro atoms. The second-order valence-corrected chi connectivity index (χ2v) is 2.46. The molecule has 1 aliphatic heterocycles. The van der Waals surface area contributed by atoms with Crippen LogP contribution in [0.4, 0.5) is 0 Å². The summed E-state index contributed by atoms with van der Waals surface area (Å²) in [6.45, 7) is 0.764. The van der Waals surface area contributed by atoms with E-state index in [1.54, 1.807) is 0 Å². The van der Waals surface area contributed by atoms with Gasteiger partial charge in [-0.3, -0.25) is 0 Å². The standard InChI is InChI=1S/C4H9O3P/c1-5-2-7-4-8-3-6-1/h8H,1-4H2. The van der Waals surface area contributed by atoms with E-state index >= 15 is 0 Å². The van der Waals surface area contributed by atoms with E-state index in [2.05, 4.69) is 0 Å². The SMILES string of the molecule is C1OCOCPCO1. The Hall–Kier alpha value is 0.310. The van der Waals surface area contributed by atoms with Gasteiger partial charge in [-0.25, -0.2) is 0 Å². The van der Waals surface area contributed by atoms with Gasteiger partial charge in [0.15, 0.2) is 0 Å². The molecule has 0 aromatic carbocycles. The summed E-state index contributed by atoms with van der Waals surface area (Å²) in [5.41, 5.74) is 0. The Morgan fingerprint density at radius 1 is 0.875 bits per heavy atom. The molecular formula is C4H9O3P. The average molecular weight is 136 g/mol. The monoisotopic (exact) mass is 136 g/mol. The normalized spacial score (nSPS) is 24.0. The zero-order valence-corrected chi connectivity index (χ0v) is 5.55. The summed E-state index contributed by atoms with van der Waals surface area (Å²) in [4.78, 5) is 0. The van der Waals surface area contributed by atoms with Crippen molar-refractivity contribution in [2.45, 2.75) is 0 Å². The molecule has 0 aromatic heterocycles. The number of hydrogen-bond acceptors (Lipinski definition) is 3. The minimum atomic E-state index is 0.382. The Labute approximate surface area is 50.1 Å². The highest BCUT2D eigenvalue weighted by atomic mass is 31.1. The Balaban J connectivity index is 2.00. The van der Waals surface area contributed by atoms with E-state index in [4.69, 9.17) is 14.2 Å². The van der Waals surface area contributed by atoms with Crippen LogP contribution in [0.25, 0.3) is 0 Å². The van der Waals surface area contributed by atoms with Crippen molar-refractivity contribution < 1.29 is 14.2 Å². The fraction of sp³-hybridized carbons (Fsp3) is 1.00. The van der Waals surface area contributed by atoms with Crippen molar-refractivity contribution in [2.24, 2.45) is 0 Å². The second-order valence-electron chi connectivity index (χ2n) is 1.39. The molecule has 0 N–H and O–H groups in total. The molecule has 1 heterocycles. The highest BCUT2D eigenvalue weighted by Crippen LogP contribution is 2.10. The molecule has 0 saturated carbocycles. The van der Waals surface area contributed by atoms with Gasteiger partial charge in [0.2, 0.25) is 0 Å². The number of rotatable bonds is 0. The minimum Gasteiger partial charge on any atom is -0.351 e. The number of ether oxygens (including phenoxy) is 3. The summed E-state index contributed by atoms with van der Waals surface area (Å²) >= 11 is 0. The van der Waals surface area contributed by atoms with E-state index in [0.717, 1.165) is 21.3 Å². The smallest absolute Gasteiger partial charge is 0.150 e. The summed E-state index contributed by atoms with van der Waals surface area (Å²) in [6.07, 6.45) is 1.56. The molecule has 0 unspecified atom stereocenters. The molecule has 8 heavy (non-hydrogen) atoms. The van der Waals surface area contributed by atoms with Gasteiger partial charge < -0.3 is 14.2 Å². The third-order valence-electron chi connectivity index (χ3n) is 0.742. The summed E-state index contributed by atoms with van der Waals surface area (Å²) in [5.74, 6) is 0. The first-order valence-electron chi connectivity index (χ1n) is 2.44. The van der Waals surface area contributed by atoms with Crippen LogP contribution < -0.4 is 0 Å². The van der Waals surface area contributed by atoms with Crippen LogP contribution in [0.1, 0.15) is 0 Å². The maximum Gasteiger partial charge on any atom is 0.150 e. The molecule has 0 radical (unpaired) electrons. The molecule has 0 bridgehead atoms. The summed E-state index contributed by atoms with van der Waals surface area (Å²) in [5, 5.41) is 0. The lowest BCUT2D eigenvalue weighted by Crippen LogP contribution is -2.07. The van der Waals surface area contributed by atoms with E-state index < -0.39 is 0 Å². The lowest BCUT2D eigenvalue weighted by atomic mass is 11.3. The third kappa shape index (κ3) is 2.58. The Morgan fingerprint density at radius 2 is 1.50 bits per heavy atom. The van der Waals surface area contributed by atoms with E-state index in [0.29, 0.717) is 13.6 Å². The Bertz CT molecular complexity index is 35.2. The predicted octanol–water partition coefficient (Wildman–Crippen LogP) is 0.558. The molecule has 1 saturated heterocycles. The molecular weight excluding hydrogens is 127 g/mol. The second kappa shape index (κ2) is 4.21. The Morgan fingerprint density at radius 3 is 2.12 bits per heavy atom. The van der Waals surface area contributed by atoms with Gasteiger partial charge in [0, 0.05) is 0 Å². The van der Waals surface area contributed by atoms with Gasteiger partial charge in [0.1, 0.15) is 13.6 Å². The first kappa shape index (κ1) is 6.43. The van der Waals surface area contributed by atoms with E-state index in [1.807, 2.05) is 0 Å². The fourth-order valence-electron chi connectivity index (χ4n) is 0.421. The van der Waals surface area contributed by atoms with E-state index in [9.17, 15) is 0 Å². The largest absolute Gasteiger partial charge is 0.351 e. The highest BCUT2D eigenvalue weighted by Gasteiger charge is 1.93. The summed E-state index contributed by atoms with van der Waals surface area (Å²) in [6, 6.07) is 0. The molecule has 1 rings (SSSR count). The van der Waals surface area contributed by atoms with E-state index in [-0.39, 0.29) is 0 Å². The zero-order chi connectivity index (χ0) is 5.66. The average Bonchev–Trinajstić information content (AvgIpc) is 1.62. The topological polar surface area (TPSA) is 27.7 Å². The minimum absolute atomic E-state index is 0.382. The van der Waals surface area contributed by atoms with Crippen LogP contribution in [0.15, 0.2) is 0 Å². The zero-order valence-electron chi connectivity index (χ0n) is 4.55. The number of hydrogen-bond donors (Lipinski definition) is 0. The van der Waals surface area contributed by atoms with Crippen molar-refractivity contribution in [3.63, 3.8) is 0 Å². The van der Waals surface area contributed by atoms with Crippen molar-refractivity contribution in [3.05, 3.63) is 0 Å².